The minimum atomic E-state index is 0.890. The van der Waals surface area contributed by atoms with Gasteiger partial charge in [0.05, 0.1) is 11.4 Å². The van der Waals surface area contributed by atoms with E-state index < -0.39 is 0 Å². The summed E-state index contributed by atoms with van der Waals surface area (Å²) in [7, 11) is 0. The summed E-state index contributed by atoms with van der Waals surface area (Å²) in [6.45, 7) is 0. The quantitative estimate of drug-likeness (QED) is 0.646. The molecule has 1 aromatic carbocycles. The van der Waals surface area contributed by atoms with Crippen molar-refractivity contribution in [2.24, 2.45) is 0 Å². The lowest BCUT2D eigenvalue weighted by Gasteiger charge is -1.99. The van der Waals surface area contributed by atoms with Crippen LogP contribution in [0.3, 0.4) is 0 Å². The normalized spacial score (nSPS) is 10.7. The average Bonchev–Trinajstić information content (AvgIpc) is 2.82. The molecule has 3 nitrogen and oxygen atoms in total. The predicted octanol–water partition coefficient (Wildman–Crippen LogP) is 2.43. The van der Waals surface area contributed by atoms with Gasteiger partial charge in [-0.2, -0.15) is 5.10 Å². The Hall–Kier alpha value is -2.16. The molecular formula is C12H8N3. The Morgan fingerprint density at radius 2 is 2.00 bits per heavy atom. The highest BCUT2D eigenvalue weighted by Crippen LogP contribution is 2.19. The van der Waals surface area contributed by atoms with Gasteiger partial charge in [0.1, 0.15) is 6.20 Å². The third-order valence-electron chi connectivity index (χ3n) is 2.36. The fourth-order valence-electron chi connectivity index (χ4n) is 1.58. The fraction of sp³-hybridized carbons (Fsp3) is 0. The van der Waals surface area contributed by atoms with Gasteiger partial charge in [-0.15, -0.1) is 0 Å². The second-order valence-corrected chi connectivity index (χ2v) is 3.33. The molecule has 0 aliphatic carbocycles. The van der Waals surface area contributed by atoms with Gasteiger partial charge in [-0.05, 0) is 17.5 Å². The summed E-state index contributed by atoms with van der Waals surface area (Å²) >= 11 is 0. The van der Waals surface area contributed by atoms with Crippen LogP contribution in [-0.2, 0) is 0 Å². The van der Waals surface area contributed by atoms with E-state index in [1.807, 2.05) is 30.5 Å². The number of rotatable bonds is 1. The molecule has 71 valence electrons. The lowest BCUT2D eigenvalue weighted by atomic mass is 10.1. The molecule has 0 aliphatic rings. The first-order valence-electron chi connectivity index (χ1n) is 4.70. The molecule has 0 fully saturated rings. The van der Waals surface area contributed by atoms with E-state index in [0.717, 1.165) is 16.8 Å². The van der Waals surface area contributed by atoms with Crippen LogP contribution in [0.25, 0.3) is 22.2 Å². The van der Waals surface area contributed by atoms with Gasteiger partial charge in [0.25, 0.3) is 0 Å². The van der Waals surface area contributed by atoms with Crippen LogP contribution in [-0.4, -0.2) is 15.2 Å². The molecular weight excluding hydrogens is 186 g/mol. The van der Waals surface area contributed by atoms with Crippen molar-refractivity contribution in [2.75, 3.05) is 0 Å². The Morgan fingerprint density at radius 1 is 1.13 bits per heavy atom. The molecule has 0 atom stereocenters. The standard InChI is InChI=1S/C12H8N3/c1-2-4-10-8-13-12(7-9(10)3-1)11-5-6-14-15-11/h1-5,7-8H,(H,14,15). The molecule has 0 bridgehead atoms. The van der Waals surface area contributed by atoms with Crippen molar-refractivity contribution in [1.29, 1.82) is 0 Å². The molecule has 0 saturated heterocycles. The summed E-state index contributed by atoms with van der Waals surface area (Å²) in [6.07, 6.45) is 4.60. The third-order valence-corrected chi connectivity index (χ3v) is 2.36. The van der Waals surface area contributed by atoms with Crippen LogP contribution in [0, 0.1) is 6.20 Å². The number of hydrogen-bond donors (Lipinski definition) is 1. The molecule has 1 radical (unpaired) electrons. The maximum atomic E-state index is 4.36. The van der Waals surface area contributed by atoms with Gasteiger partial charge >= 0.3 is 0 Å². The van der Waals surface area contributed by atoms with Gasteiger partial charge < -0.3 is 0 Å². The Morgan fingerprint density at radius 3 is 2.80 bits per heavy atom. The van der Waals surface area contributed by atoms with Crippen LogP contribution in [0.5, 0.6) is 0 Å². The van der Waals surface area contributed by atoms with E-state index in [2.05, 4.69) is 27.4 Å². The number of H-pyrrole nitrogens is 1. The summed E-state index contributed by atoms with van der Waals surface area (Å²) in [4.78, 5) is 4.36. The highest BCUT2D eigenvalue weighted by Gasteiger charge is 2.01. The van der Waals surface area contributed by atoms with Crippen LogP contribution in [0.2, 0.25) is 0 Å². The van der Waals surface area contributed by atoms with Gasteiger partial charge in [0.2, 0.25) is 0 Å². The lowest BCUT2D eigenvalue weighted by molar-refractivity contribution is 1.08. The minimum absolute atomic E-state index is 0.890. The largest absolute Gasteiger partial charge is 0.276 e. The first-order chi connectivity index (χ1) is 7.43. The third kappa shape index (κ3) is 1.38. The van der Waals surface area contributed by atoms with Crippen molar-refractivity contribution >= 4 is 10.8 Å². The number of nitrogens with zero attached hydrogens (tertiary/aromatic N) is 2. The van der Waals surface area contributed by atoms with Gasteiger partial charge in [-0.25, -0.2) is 0 Å². The zero-order valence-electron chi connectivity index (χ0n) is 7.94. The Labute approximate surface area is 86.8 Å². The lowest BCUT2D eigenvalue weighted by Crippen LogP contribution is -1.84. The second kappa shape index (κ2) is 3.20. The zero-order valence-corrected chi connectivity index (χ0v) is 7.94. The number of aromatic nitrogens is 3. The topological polar surface area (TPSA) is 41.6 Å². The van der Waals surface area contributed by atoms with Crippen molar-refractivity contribution in [3.63, 3.8) is 0 Å². The SMILES string of the molecule is [c]1cc(-c2cc3ccccc3cn2)[nH]n1. The van der Waals surface area contributed by atoms with E-state index in [1.165, 1.54) is 5.39 Å². The van der Waals surface area contributed by atoms with Crippen molar-refractivity contribution < 1.29 is 0 Å². The number of aromatic amines is 1. The first kappa shape index (κ1) is 8.17. The molecule has 0 spiro atoms. The highest BCUT2D eigenvalue weighted by molar-refractivity contribution is 5.84. The summed E-state index contributed by atoms with van der Waals surface area (Å²) in [5, 5.41) is 8.96. The number of benzene rings is 1. The maximum Gasteiger partial charge on any atom is 0.113 e. The molecule has 2 aromatic heterocycles. The van der Waals surface area contributed by atoms with E-state index in [4.69, 9.17) is 0 Å². The van der Waals surface area contributed by atoms with Crippen LogP contribution < -0.4 is 0 Å². The number of hydrogen-bond acceptors (Lipinski definition) is 2. The smallest absolute Gasteiger partial charge is 0.113 e. The van der Waals surface area contributed by atoms with Crippen molar-refractivity contribution in [3.8, 4) is 11.4 Å². The zero-order chi connectivity index (χ0) is 10.1. The van der Waals surface area contributed by atoms with Crippen LogP contribution >= 0.6 is 0 Å². The van der Waals surface area contributed by atoms with E-state index in [9.17, 15) is 0 Å². The van der Waals surface area contributed by atoms with Gasteiger partial charge in [0.15, 0.2) is 0 Å². The van der Waals surface area contributed by atoms with E-state index in [-0.39, 0.29) is 0 Å². The van der Waals surface area contributed by atoms with Crippen molar-refractivity contribution in [2.45, 2.75) is 0 Å². The maximum absolute atomic E-state index is 4.36. The molecule has 0 aliphatic heterocycles. The molecule has 3 aromatic rings. The monoisotopic (exact) mass is 194 g/mol. The summed E-state index contributed by atoms with van der Waals surface area (Å²) in [5.41, 5.74) is 1.78. The second-order valence-electron chi connectivity index (χ2n) is 3.33. The molecule has 3 rings (SSSR count). The number of fused-ring (bicyclic) bond motifs is 1. The Balaban J connectivity index is 2.22. The van der Waals surface area contributed by atoms with Crippen molar-refractivity contribution in [3.05, 3.63) is 48.8 Å². The molecule has 0 amide bonds. The van der Waals surface area contributed by atoms with Crippen LogP contribution in [0.4, 0.5) is 0 Å². The molecule has 15 heavy (non-hydrogen) atoms. The van der Waals surface area contributed by atoms with E-state index >= 15 is 0 Å². The molecule has 2 heterocycles. The minimum Gasteiger partial charge on any atom is -0.276 e. The summed E-state index contributed by atoms with van der Waals surface area (Å²) < 4.78 is 0. The first-order valence-corrected chi connectivity index (χ1v) is 4.70. The Kier molecular flexibility index (Phi) is 1.75. The van der Waals surface area contributed by atoms with Crippen LogP contribution in [0.15, 0.2) is 42.6 Å². The van der Waals surface area contributed by atoms with E-state index in [0.29, 0.717) is 0 Å². The molecule has 0 saturated carbocycles. The average molecular weight is 194 g/mol. The van der Waals surface area contributed by atoms with E-state index in [1.54, 1.807) is 6.07 Å². The number of pyridine rings is 1. The molecule has 0 unspecified atom stereocenters. The predicted molar refractivity (Wildman–Crippen MR) is 58.2 cm³/mol. The van der Waals surface area contributed by atoms with Gasteiger partial charge in [-0.3, -0.25) is 10.1 Å². The van der Waals surface area contributed by atoms with Crippen molar-refractivity contribution in [1.82, 2.24) is 15.2 Å². The summed E-state index contributed by atoms with van der Waals surface area (Å²) in [5.74, 6) is 0. The van der Waals surface area contributed by atoms with Crippen LogP contribution in [0.1, 0.15) is 0 Å². The molecule has 3 heteroatoms. The Bertz CT molecular complexity index is 585. The summed E-state index contributed by atoms with van der Waals surface area (Å²) in [6, 6.07) is 12.0. The number of nitrogens with one attached hydrogen (secondary N) is 1. The van der Waals surface area contributed by atoms with Gasteiger partial charge in [0, 0.05) is 11.6 Å². The van der Waals surface area contributed by atoms with Gasteiger partial charge in [-0.1, -0.05) is 24.3 Å². The molecule has 1 N–H and O–H groups in total. The highest BCUT2D eigenvalue weighted by atomic mass is 15.1. The fourth-order valence-corrected chi connectivity index (χ4v) is 1.58.